The Morgan fingerprint density at radius 3 is 2.42 bits per heavy atom. The van der Waals surface area contributed by atoms with Crippen molar-refractivity contribution in [1.29, 1.82) is 0 Å². The lowest BCUT2D eigenvalue weighted by molar-refractivity contribution is -0.121. The Bertz CT molecular complexity index is 1170. The summed E-state index contributed by atoms with van der Waals surface area (Å²) in [5.74, 6) is -1.03. The van der Waals surface area contributed by atoms with Crippen molar-refractivity contribution in [2.24, 2.45) is 0 Å². The van der Waals surface area contributed by atoms with Gasteiger partial charge < -0.3 is 5.32 Å². The number of carbonyl (C=O) groups is 1. The fraction of sp³-hybridized carbons (Fsp3) is 0.174. The third-order valence-electron chi connectivity index (χ3n) is 4.65. The number of halogens is 2. The second-order valence-electron chi connectivity index (χ2n) is 7.08. The van der Waals surface area contributed by atoms with Gasteiger partial charge >= 0.3 is 0 Å². The molecule has 0 saturated carbocycles. The van der Waals surface area contributed by atoms with Crippen LogP contribution in [-0.4, -0.2) is 25.2 Å². The topological polar surface area (TPSA) is 66.5 Å². The molecule has 1 N–H and O–H groups in total. The molecule has 162 valence electrons. The summed E-state index contributed by atoms with van der Waals surface area (Å²) in [6, 6.07) is 19.1. The molecule has 1 amide bonds. The Balaban J connectivity index is 1.82. The molecule has 0 fully saturated rings. The highest BCUT2D eigenvalue weighted by Crippen LogP contribution is 2.21. The second-order valence-corrected chi connectivity index (χ2v) is 9.46. The van der Waals surface area contributed by atoms with E-state index in [1.54, 1.807) is 6.07 Å². The van der Waals surface area contributed by atoms with E-state index in [2.05, 4.69) is 5.32 Å². The van der Waals surface area contributed by atoms with Gasteiger partial charge in [-0.05, 0) is 42.8 Å². The van der Waals surface area contributed by atoms with Gasteiger partial charge in [-0.25, -0.2) is 12.8 Å². The number of hydrogen-bond donors (Lipinski definition) is 1. The summed E-state index contributed by atoms with van der Waals surface area (Å²) in [6.07, 6.45) is 0. The van der Waals surface area contributed by atoms with Gasteiger partial charge in [0.1, 0.15) is 5.82 Å². The predicted octanol–water partition coefficient (Wildman–Crippen LogP) is 4.29. The lowest BCUT2D eigenvalue weighted by Gasteiger charge is -2.22. The van der Waals surface area contributed by atoms with Crippen LogP contribution in [0.4, 0.5) is 4.39 Å². The number of amides is 1. The first kappa shape index (κ1) is 22.9. The second kappa shape index (κ2) is 10.0. The first-order valence-corrected chi connectivity index (χ1v) is 11.4. The molecule has 0 bridgehead atoms. The number of nitrogens with one attached hydrogen (secondary N) is 1. The van der Waals surface area contributed by atoms with E-state index in [1.807, 2.05) is 31.2 Å². The van der Waals surface area contributed by atoms with Crippen molar-refractivity contribution in [1.82, 2.24) is 9.62 Å². The number of benzene rings is 3. The summed E-state index contributed by atoms with van der Waals surface area (Å²) in [4.78, 5) is 12.6. The quantitative estimate of drug-likeness (QED) is 0.545. The van der Waals surface area contributed by atoms with E-state index in [4.69, 9.17) is 11.6 Å². The highest BCUT2D eigenvalue weighted by atomic mass is 35.5. The molecule has 0 saturated heterocycles. The fourth-order valence-electron chi connectivity index (χ4n) is 3.04. The number of nitrogens with zero attached hydrogens (tertiary/aromatic N) is 1. The maximum absolute atomic E-state index is 14.2. The molecule has 0 aromatic heterocycles. The van der Waals surface area contributed by atoms with Crippen LogP contribution in [0, 0.1) is 12.7 Å². The summed E-state index contributed by atoms with van der Waals surface area (Å²) in [5.41, 5.74) is 2.12. The standard InChI is InChI=1S/C23H22ClFN2O3S/c1-17-5-4-6-18(13-17)14-26-23(28)16-27(15-19-7-2-3-8-22(19)25)31(29,30)21-11-9-20(24)10-12-21/h2-13H,14-16H2,1H3,(H,26,28). The molecule has 0 spiro atoms. The molecular weight excluding hydrogens is 439 g/mol. The largest absolute Gasteiger partial charge is 0.351 e. The highest BCUT2D eigenvalue weighted by Gasteiger charge is 2.27. The van der Waals surface area contributed by atoms with E-state index in [9.17, 15) is 17.6 Å². The van der Waals surface area contributed by atoms with Crippen LogP contribution in [0.3, 0.4) is 0 Å². The van der Waals surface area contributed by atoms with Crippen molar-refractivity contribution in [3.05, 3.63) is 100 Å². The molecule has 0 aliphatic rings. The van der Waals surface area contributed by atoms with Gasteiger partial charge in [-0.15, -0.1) is 0 Å². The molecule has 3 aromatic rings. The predicted molar refractivity (Wildman–Crippen MR) is 118 cm³/mol. The summed E-state index contributed by atoms with van der Waals surface area (Å²) in [7, 11) is -4.07. The van der Waals surface area contributed by atoms with Gasteiger partial charge in [-0.2, -0.15) is 4.31 Å². The third-order valence-corrected chi connectivity index (χ3v) is 6.71. The van der Waals surface area contributed by atoms with Crippen LogP contribution in [-0.2, 0) is 27.9 Å². The minimum Gasteiger partial charge on any atom is -0.351 e. The fourth-order valence-corrected chi connectivity index (χ4v) is 4.54. The summed E-state index contributed by atoms with van der Waals surface area (Å²) < 4.78 is 41.5. The maximum Gasteiger partial charge on any atom is 0.243 e. The molecule has 5 nitrogen and oxygen atoms in total. The molecule has 0 aliphatic heterocycles. The van der Waals surface area contributed by atoms with Crippen LogP contribution >= 0.6 is 11.6 Å². The number of hydrogen-bond acceptors (Lipinski definition) is 3. The summed E-state index contributed by atoms with van der Waals surface area (Å²) in [5, 5.41) is 3.11. The molecular formula is C23H22ClFN2O3S. The van der Waals surface area contributed by atoms with Crippen LogP contribution in [0.15, 0.2) is 77.7 Å². The van der Waals surface area contributed by atoms with E-state index >= 15 is 0 Å². The molecule has 0 atom stereocenters. The van der Waals surface area contributed by atoms with Crippen molar-refractivity contribution in [3.63, 3.8) is 0 Å². The minimum atomic E-state index is -4.07. The maximum atomic E-state index is 14.2. The number of rotatable bonds is 8. The minimum absolute atomic E-state index is 0.0280. The zero-order valence-electron chi connectivity index (χ0n) is 16.9. The molecule has 0 radical (unpaired) electrons. The van der Waals surface area contributed by atoms with Crippen molar-refractivity contribution < 1.29 is 17.6 Å². The van der Waals surface area contributed by atoms with Crippen molar-refractivity contribution in [3.8, 4) is 0 Å². The normalized spacial score (nSPS) is 11.5. The van der Waals surface area contributed by atoms with Gasteiger partial charge in [-0.1, -0.05) is 59.6 Å². The van der Waals surface area contributed by atoms with E-state index < -0.39 is 28.3 Å². The first-order chi connectivity index (χ1) is 14.8. The Morgan fingerprint density at radius 2 is 1.74 bits per heavy atom. The van der Waals surface area contributed by atoms with Crippen LogP contribution in [0.25, 0.3) is 0 Å². The zero-order valence-corrected chi connectivity index (χ0v) is 18.5. The molecule has 31 heavy (non-hydrogen) atoms. The molecule has 3 rings (SSSR count). The summed E-state index contributed by atoms with van der Waals surface area (Å²) in [6.45, 7) is 1.47. The summed E-state index contributed by atoms with van der Waals surface area (Å²) >= 11 is 5.86. The Kier molecular flexibility index (Phi) is 7.43. The highest BCUT2D eigenvalue weighted by molar-refractivity contribution is 7.89. The Morgan fingerprint density at radius 1 is 1.03 bits per heavy atom. The van der Waals surface area contributed by atoms with Crippen LogP contribution < -0.4 is 5.32 Å². The van der Waals surface area contributed by atoms with Gasteiger partial charge in [-0.3, -0.25) is 4.79 Å². The van der Waals surface area contributed by atoms with E-state index in [-0.39, 0.29) is 23.5 Å². The number of aryl methyl sites for hydroxylation is 1. The molecule has 0 aliphatic carbocycles. The van der Waals surface area contributed by atoms with Crippen molar-refractivity contribution in [2.75, 3.05) is 6.54 Å². The van der Waals surface area contributed by atoms with E-state index in [0.717, 1.165) is 15.4 Å². The lowest BCUT2D eigenvalue weighted by Crippen LogP contribution is -2.40. The van der Waals surface area contributed by atoms with E-state index in [0.29, 0.717) is 5.02 Å². The van der Waals surface area contributed by atoms with Gasteiger partial charge in [0.25, 0.3) is 0 Å². The smallest absolute Gasteiger partial charge is 0.243 e. The molecule has 8 heteroatoms. The molecule has 0 unspecified atom stereocenters. The Hall–Kier alpha value is -2.74. The van der Waals surface area contributed by atoms with Crippen molar-refractivity contribution >= 4 is 27.5 Å². The lowest BCUT2D eigenvalue weighted by atomic mass is 10.1. The van der Waals surface area contributed by atoms with Crippen LogP contribution in [0.2, 0.25) is 5.02 Å². The zero-order chi connectivity index (χ0) is 22.4. The number of sulfonamides is 1. The van der Waals surface area contributed by atoms with Gasteiger partial charge in [0.2, 0.25) is 15.9 Å². The van der Waals surface area contributed by atoms with E-state index in [1.165, 1.54) is 42.5 Å². The van der Waals surface area contributed by atoms with Gasteiger partial charge in [0, 0.05) is 23.7 Å². The molecule has 0 heterocycles. The monoisotopic (exact) mass is 460 g/mol. The van der Waals surface area contributed by atoms with Crippen LogP contribution in [0.1, 0.15) is 16.7 Å². The third kappa shape index (κ3) is 6.13. The first-order valence-electron chi connectivity index (χ1n) is 9.57. The average molecular weight is 461 g/mol. The number of carbonyl (C=O) groups excluding carboxylic acids is 1. The molecule has 3 aromatic carbocycles. The SMILES string of the molecule is Cc1cccc(CNC(=O)CN(Cc2ccccc2F)S(=O)(=O)c2ccc(Cl)cc2)c1. The Labute approximate surface area is 186 Å². The average Bonchev–Trinajstić information content (AvgIpc) is 2.73. The van der Waals surface area contributed by atoms with Crippen LogP contribution in [0.5, 0.6) is 0 Å². The van der Waals surface area contributed by atoms with Crippen molar-refractivity contribution in [2.45, 2.75) is 24.9 Å². The van der Waals surface area contributed by atoms with Gasteiger partial charge in [0.15, 0.2) is 0 Å². The van der Waals surface area contributed by atoms with Gasteiger partial charge in [0.05, 0.1) is 11.4 Å².